The molecule has 150 valence electrons. The number of benzene rings is 1. The number of hydrogen-bond donors (Lipinski definition) is 0. The first-order valence-electron chi connectivity index (χ1n) is 9.55. The minimum Gasteiger partial charge on any atom is -0.434 e. The van der Waals surface area contributed by atoms with E-state index in [1.54, 1.807) is 0 Å². The van der Waals surface area contributed by atoms with Gasteiger partial charge in [0.15, 0.2) is 0 Å². The van der Waals surface area contributed by atoms with E-state index in [1.165, 1.54) is 11.9 Å². The van der Waals surface area contributed by atoms with Gasteiger partial charge in [-0.2, -0.15) is 4.98 Å². The molecular formula is C20H27N5O3. The van der Waals surface area contributed by atoms with Crippen LogP contribution in [0.25, 0.3) is 0 Å². The van der Waals surface area contributed by atoms with Gasteiger partial charge in [-0.3, -0.25) is 10.1 Å². The highest BCUT2D eigenvalue weighted by Crippen LogP contribution is 2.37. The lowest BCUT2D eigenvalue weighted by Gasteiger charge is -2.35. The molecule has 0 unspecified atom stereocenters. The molecule has 0 amide bonds. The van der Waals surface area contributed by atoms with Crippen LogP contribution in [0.3, 0.4) is 0 Å². The molecule has 1 fully saturated rings. The van der Waals surface area contributed by atoms with Crippen molar-refractivity contribution < 1.29 is 9.66 Å². The van der Waals surface area contributed by atoms with Crippen LogP contribution in [0.2, 0.25) is 0 Å². The van der Waals surface area contributed by atoms with Gasteiger partial charge in [0.05, 0.1) is 4.92 Å². The number of anilines is 1. The van der Waals surface area contributed by atoms with E-state index in [0.717, 1.165) is 25.9 Å². The van der Waals surface area contributed by atoms with E-state index >= 15 is 0 Å². The number of nitrogens with zero attached hydrogens (tertiary/aromatic N) is 5. The second-order valence-electron chi connectivity index (χ2n) is 7.58. The maximum Gasteiger partial charge on any atom is 0.373 e. The number of aromatic nitrogens is 2. The maximum absolute atomic E-state index is 11.8. The van der Waals surface area contributed by atoms with Gasteiger partial charge in [0.1, 0.15) is 12.1 Å². The average Bonchev–Trinajstić information content (AvgIpc) is 2.68. The molecule has 1 aromatic carbocycles. The van der Waals surface area contributed by atoms with Crippen LogP contribution in [-0.4, -0.2) is 53.0 Å². The molecule has 2 heterocycles. The van der Waals surface area contributed by atoms with E-state index in [-0.39, 0.29) is 17.6 Å². The number of ether oxygens (including phenoxy) is 1. The molecule has 8 heteroatoms. The Morgan fingerprint density at radius 3 is 2.43 bits per heavy atom. The van der Waals surface area contributed by atoms with Crippen LogP contribution < -0.4 is 9.64 Å². The van der Waals surface area contributed by atoms with Crippen LogP contribution in [0, 0.1) is 10.1 Å². The van der Waals surface area contributed by atoms with Gasteiger partial charge in [0.2, 0.25) is 5.82 Å². The molecule has 0 N–H and O–H groups in total. The summed E-state index contributed by atoms with van der Waals surface area (Å²) in [5.74, 6) is 1.17. The van der Waals surface area contributed by atoms with Crippen molar-refractivity contribution in [3.05, 3.63) is 46.3 Å². The Morgan fingerprint density at radius 2 is 1.86 bits per heavy atom. The van der Waals surface area contributed by atoms with E-state index in [4.69, 9.17) is 4.74 Å². The summed E-state index contributed by atoms with van der Waals surface area (Å²) in [6.07, 6.45) is 3.19. The van der Waals surface area contributed by atoms with Crippen LogP contribution in [0.5, 0.6) is 11.6 Å². The predicted octanol–water partition coefficient (Wildman–Crippen LogP) is 3.83. The summed E-state index contributed by atoms with van der Waals surface area (Å²) in [4.78, 5) is 23.8. The molecule has 0 saturated carbocycles. The van der Waals surface area contributed by atoms with E-state index < -0.39 is 4.92 Å². The molecule has 28 heavy (non-hydrogen) atoms. The normalized spacial score (nSPS) is 15.6. The lowest BCUT2D eigenvalue weighted by atomic mass is 10.0. The highest BCUT2D eigenvalue weighted by atomic mass is 16.6. The third-order valence-corrected chi connectivity index (χ3v) is 5.28. The molecule has 1 aliphatic heterocycles. The molecule has 1 aromatic heterocycles. The number of rotatable bonds is 6. The second kappa shape index (κ2) is 8.52. The topological polar surface area (TPSA) is 84.6 Å². The zero-order valence-corrected chi connectivity index (χ0v) is 16.8. The van der Waals surface area contributed by atoms with Crippen molar-refractivity contribution in [1.29, 1.82) is 0 Å². The Morgan fingerprint density at radius 1 is 1.21 bits per heavy atom. The summed E-state index contributed by atoms with van der Waals surface area (Å²) < 4.78 is 5.77. The molecule has 0 aliphatic carbocycles. The summed E-state index contributed by atoms with van der Waals surface area (Å²) in [7, 11) is 3.94. The average molecular weight is 385 g/mol. The van der Waals surface area contributed by atoms with Crippen LogP contribution >= 0.6 is 0 Å². The van der Waals surface area contributed by atoms with E-state index in [2.05, 4.69) is 35.8 Å². The van der Waals surface area contributed by atoms with Gasteiger partial charge in [0, 0.05) is 13.1 Å². The van der Waals surface area contributed by atoms with Gasteiger partial charge in [-0.1, -0.05) is 26.0 Å². The SMILES string of the molecule is CC(C)c1ccc(Oc2ncnc(N(C)C3CCN(C)CC3)c2[N+](=O)[O-])cc1. The van der Waals surface area contributed by atoms with Crippen molar-refractivity contribution >= 4 is 11.5 Å². The van der Waals surface area contributed by atoms with Crippen molar-refractivity contribution in [2.24, 2.45) is 0 Å². The number of nitro groups is 1. The summed E-state index contributed by atoms with van der Waals surface area (Å²) in [6, 6.07) is 7.73. The summed E-state index contributed by atoms with van der Waals surface area (Å²) >= 11 is 0. The first-order chi connectivity index (χ1) is 13.4. The van der Waals surface area contributed by atoms with Gasteiger partial charge in [-0.15, -0.1) is 0 Å². The monoisotopic (exact) mass is 385 g/mol. The smallest absolute Gasteiger partial charge is 0.373 e. The van der Waals surface area contributed by atoms with E-state index in [9.17, 15) is 10.1 Å². The molecule has 0 atom stereocenters. The van der Waals surface area contributed by atoms with Crippen molar-refractivity contribution in [3.8, 4) is 11.6 Å². The van der Waals surface area contributed by atoms with Crippen LogP contribution in [-0.2, 0) is 0 Å². The molecule has 0 bridgehead atoms. The standard InChI is InChI=1S/C20H27N5O3/c1-14(2)15-5-7-17(8-6-15)28-20-18(25(26)27)19(21-13-22-20)24(4)16-9-11-23(3)12-10-16/h5-8,13-14,16H,9-12H2,1-4H3. The third kappa shape index (κ3) is 4.39. The molecule has 2 aromatic rings. The van der Waals surface area contributed by atoms with Crippen LogP contribution in [0.1, 0.15) is 38.2 Å². The summed E-state index contributed by atoms with van der Waals surface area (Å²) in [5.41, 5.74) is 0.976. The van der Waals surface area contributed by atoms with Gasteiger partial charge < -0.3 is 14.5 Å². The van der Waals surface area contributed by atoms with Gasteiger partial charge in [-0.05, 0) is 56.6 Å². The minimum absolute atomic E-state index is 0.0351. The highest BCUT2D eigenvalue weighted by molar-refractivity contribution is 5.63. The molecule has 3 rings (SSSR count). The van der Waals surface area contributed by atoms with Crippen molar-refractivity contribution in [3.63, 3.8) is 0 Å². The Bertz CT molecular complexity index is 817. The maximum atomic E-state index is 11.8. The fourth-order valence-electron chi connectivity index (χ4n) is 3.43. The Labute approximate surface area is 165 Å². The van der Waals surface area contributed by atoms with Gasteiger partial charge in [-0.25, -0.2) is 4.98 Å². The third-order valence-electron chi connectivity index (χ3n) is 5.28. The van der Waals surface area contributed by atoms with E-state index in [0.29, 0.717) is 17.5 Å². The molecule has 1 aliphatic rings. The first-order valence-corrected chi connectivity index (χ1v) is 9.55. The summed E-state index contributed by atoms with van der Waals surface area (Å²) in [6.45, 7) is 6.13. The largest absolute Gasteiger partial charge is 0.434 e. The van der Waals surface area contributed by atoms with Crippen LogP contribution in [0.4, 0.5) is 11.5 Å². The van der Waals surface area contributed by atoms with Crippen molar-refractivity contribution in [1.82, 2.24) is 14.9 Å². The molecule has 0 spiro atoms. The fourth-order valence-corrected chi connectivity index (χ4v) is 3.43. The molecule has 1 saturated heterocycles. The highest BCUT2D eigenvalue weighted by Gasteiger charge is 2.31. The fraction of sp³-hybridized carbons (Fsp3) is 0.500. The first kappa shape index (κ1) is 20.0. The quantitative estimate of drug-likeness (QED) is 0.552. The van der Waals surface area contributed by atoms with Crippen LogP contribution in [0.15, 0.2) is 30.6 Å². The van der Waals surface area contributed by atoms with E-state index in [1.807, 2.05) is 36.2 Å². The molecule has 8 nitrogen and oxygen atoms in total. The van der Waals surface area contributed by atoms with Gasteiger partial charge >= 0.3 is 11.6 Å². The summed E-state index contributed by atoms with van der Waals surface area (Å²) in [5, 5.41) is 11.8. The number of likely N-dealkylation sites (tertiary alicyclic amines) is 1. The number of hydrogen-bond acceptors (Lipinski definition) is 7. The minimum atomic E-state index is -0.460. The zero-order valence-electron chi connectivity index (χ0n) is 16.8. The zero-order chi connectivity index (χ0) is 20.3. The number of piperidine rings is 1. The molecule has 0 radical (unpaired) electrons. The van der Waals surface area contributed by atoms with Gasteiger partial charge in [0.25, 0.3) is 0 Å². The predicted molar refractivity (Wildman–Crippen MR) is 108 cm³/mol. The Balaban J connectivity index is 1.88. The van der Waals surface area contributed by atoms with Crippen molar-refractivity contribution in [2.75, 3.05) is 32.1 Å². The molecular weight excluding hydrogens is 358 g/mol. The lowest BCUT2D eigenvalue weighted by molar-refractivity contribution is -0.385. The van der Waals surface area contributed by atoms with Crippen molar-refractivity contribution in [2.45, 2.75) is 38.6 Å². The lowest BCUT2D eigenvalue weighted by Crippen LogP contribution is -2.42. The second-order valence-corrected chi connectivity index (χ2v) is 7.58. The Hall–Kier alpha value is -2.74. The Kier molecular flexibility index (Phi) is 6.08.